The summed E-state index contributed by atoms with van der Waals surface area (Å²) in [5, 5.41) is 8.82. The summed E-state index contributed by atoms with van der Waals surface area (Å²) in [6.07, 6.45) is -0.986. The average molecular weight is 377 g/mol. The molecule has 0 aliphatic carbocycles. The van der Waals surface area contributed by atoms with Crippen LogP contribution in [0.15, 0.2) is 72.8 Å². The van der Waals surface area contributed by atoms with E-state index in [0.717, 1.165) is 36.0 Å². The zero-order valence-corrected chi connectivity index (χ0v) is 15.7. The van der Waals surface area contributed by atoms with Crippen molar-refractivity contribution >= 4 is 0 Å². The summed E-state index contributed by atoms with van der Waals surface area (Å²) in [6.45, 7) is 1.98. The van der Waals surface area contributed by atoms with Gasteiger partial charge in [0.15, 0.2) is 0 Å². The van der Waals surface area contributed by atoms with E-state index in [1.165, 1.54) is 12.1 Å². The van der Waals surface area contributed by atoms with E-state index in [-0.39, 0.29) is 11.3 Å². The van der Waals surface area contributed by atoms with E-state index >= 15 is 0 Å². The molecule has 0 amide bonds. The third-order valence-electron chi connectivity index (χ3n) is 4.65. The molecule has 0 aromatic heterocycles. The van der Waals surface area contributed by atoms with Crippen molar-refractivity contribution in [2.75, 3.05) is 0 Å². The quantitative estimate of drug-likeness (QED) is 0.503. The Kier molecular flexibility index (Phi) is 6.06. The van der Waals surface area contributed by atoms with Gasteiger partial charge in [-0.05, 0) is 72.4 Å². The number of nitrogens with zero attached hydrogens (tertiary/aromatic N) is 1. The van der Waals surface area contributed by atoms with E-state index in [0.29, 0.717) is 5.56 Å². The molecule has 3 aromatic carbocycles. The molecule has 0 unspecified atom stereocenters. The minimum atomic E-state index is -3.38. The molecule has 4 heteroatoms. The van der Waals surface area contributed by atoms with Crippen LogP contribution in [0.2, 0.25) is 0 Å². The molecule has 0 atom stereocenters. The SMILES string of the molecule is CCc1ccc(C(F)(F)Oc2ccc(CCc3ccc(C#N)cc3)cc2)cc1. The highest BCUT2D eigenvalue weighted by atomic mass is 19.3. The summed E-state index contributed by atoms with van der Waals surface area (Å²) in [5.74, 6) is 0.131. The van der Waals surface area contributed by atoms with Crippen molar-refractivity contribution in [1.29, 1.82) is 5.26 Å². The van der Waals surface area contributed by atoms with Gasteiger partial charge >= 0.3 is 6.11 Å². The summed E-state index contributed by atoms with van der Waals surface area (Å²) < 4.78 is 33.7. The normalized spacial score (nSPS) is 11.1. The van der Waals surface area contributed by atoms with Crippen LogP contribution < -0.4 is 4.74 Å². The number of nitriles is 1. The Hall–Kier alpha value is -3.19. The monoisotopic (exact) mass is 377 g/mol. The molecule has 3 rings (SSSR count). The van der Waals surface area contributed by atoms with Crippen molar-refractivity contribution in [2.24, 2.45) is 0 Å². The first-order chi connectivity index (χ1) is 13.5. The van der Waals surface area contributed by atoms with E-state index in [4.69, 9.17) is 10.00 Å². The third kappa shape index (κ3) is 4.95. The molecule has 0 aliphatic rings. The van der Waals surface area contributed by atoms with Gasteiger partial charge in [0.1, 0.15) is 5.75 Å². The first kappa shape index (κ1) is 19.6. The second kappa shape index (κ2) is 8.67. The van der Waals surface area contributed by atoms with E-state index in [1.807, 2.05) is 19.1 Å². The van der Waals surface area contributed by atoms with Gasteiger partial charge in [-0.25, -0.2) is 0 Å². The van der Waals surface area contributed by atoms with Gasteiger partial charge in [0.25, 0.3) is 0 Å². The number of rotatable bonds is 7. The van der Waals surface area contributed by atoms with E-state index < -0.39 is 6.11 Å². The Morgan fingerprint density at radius 3 is 1.79 bits per heavy atom. The van der Waals surface area contributed by atoms with Crippen molar-refractivity contribution < 1.29 is 13.5 Å². The molecule has 0 aliphatic heterocycles. The van der Waals surface area contributed by atoms with Crippen molar-refractivity contribution in [3.63, 3.8) is 0 Å². The zero-order chi connectivity index (χ0) is 20.0. The predicted molar refractivity (Wildman–Crippen MR) is 105 cm³/mol. The lowest BCUT2D eigenvalue weighted by Crippen LogP contribution is -2.21. The molecule has 0 spiro atoms. The lowest BCUT2D eigenvalue weighted by atomic mass is 10.0. The molecule has 0 radical (unpaired) electrons. The van der Waals surface area contributed by atoms with Gasteiger partial charge in [0, 0.05) is 0 Å². The van der Waals surface area contributed by atoms with Crippen molar-refractivity contribution in [3.8, 4) is 11.8 Å². The fourth-order valence-corrected chi connectivity index (χ4v) is 2.90. The first-order valence-corrected chi connectivity index (χ1v) is 9.24. The second-order valence-corrected chi connectivity index (χ2v) is 6.62. The summed E-state index contributed by atoms with van der Waals surface area (Å²) in [4.78, 5) is 0. The Morgan fingerprint density at radius 1 is 0.786 bits per heavy atom. The summed E-state index contributed by atoms with van der Waals surface area (Å²) in [5.41, 5.74) is 3.64. The van der Waals surface area contributed by atoms with Crippen LogP contribution >= 0.6 is 0 Å². The van der Waals surface area contributed by atoms with E-state index in [1.54, 1.807) is 48.5 Å². The van der Waals surface area contributed by atoms with Gasteiger partial charge in [-0.1, -0.05) is 43.3 Å². The van der Waals surface area contributed by atoms with Crippen LogP contribution in [0.1, 0.15) is 34.7 Å². The number of hydrogen-bond donors (Lipinski definition) is 0. The lowest BCUT2D eigenvalue weighted by Gasteiger charge is -2.18. The van der Waals surface area contributed by atoms with Crippen molar-refractivity contribution in [1.82, 2.24) is 0 Å². The molecule has 0 fully saturated rings. The number of ether oxygens (including phenoxy) is 1. The molecule has 0 heterocycles. The van der Waals surface area contributed by atoms with Crippen LogP contribution in [0.5, 0.6) is 5.75 Å². The molecular formula is C24H21F2NO. The lowest BCUT2D eigenvalue weighted by molar-refractivity contribution is -0.185. The molecule has 142 valence electrons. The molecule has 0 bridgehead atoms. The molecule has 0 saturated carbocycles. The number of benzene rings is 3. The Bertz CT molecular complexity index is 940. The molecule has 2 nitrogen and oxygen atoms in total. The molecular weight excluding hydrogens is 356 g/mol. The van der Waals surface area contributed by atoms with Gasteiger partial charge in [-0.15, -0.1) is 0 Å². The van der Waals surface area contributed by atoms with Gasteiger partial charge in [-0.2, -0.15) is 14.0 Å². The zero-order valence-electron chi connectivity index (χ0n) is 15.7. The smallest absolute Gasteiger partial charge is 0.426 e. The number of halogens is 2. The highest BCUT2D eigenvalue weighted by Gasteiger charge is 2.34. The van der Waals surface area contributed by atoms with Crippen LogP contribution in [0.3, 0.4) is 0 Å². The molecule has 0 saturated heterocycles. The van der Waals surface area contributed by atoms with Gasteiger partial charge in [-0.3, -0.25) is 0 Å². The third-order valence-corrected chi connectivity index (χ3v) is 4.65. The highest BCUT2D eigenvalue weighted by molar-refractivity contribution is 5.33. The maximum atomic E-state index is 14.4. The molecule has 3 aromatic rings. The Balaban J connectivity index is 1.60. The van der Waals surface area contributed by atoms with Gasteiger partial charge in [0.05, 0.1) is 17.2 Å². The van der Waals surface area contributed by atoms with Crippen LogP contribution in [-0.4, -0.2) is 0 Å². The van der Waals surface area contributed by atoms with Gasteiger partial charge < -0.3 is 4.74 Å². The van der Waals surface area contributed by atoms with Crippen LogP contribution in [0, 0.1) is 11.3 Å². The van der Waals surface area contributed by atoms with Crippen LogP contribution in [-0.2, 0) is 25.4 Å². The summed E-state index contributed by atoms with van der Waals surface area (Å²) in [7, 11) is 0. The van der Waals surface area contributed by atoms with Crippen molar-refractivity contribution in [2.45, 2.75) is 32.3 Å². The largest absolute Gasteiger partial charge is 0.429 e. The van der Waals surface area contributed by atoms with E-state index in [2.05, 4.69) is 6.07 Å². The fourth-order valence-electron chi connectivity index (χ4n) is 2.90. The Morgan fingerprint density at radius 2 is 1.29 bits per heavy atom. The standard InChI is InChI=1S/C24H21F2NO/c1-2-18-9-13-22(14-10-18)24(25,26)28-23-15-11-20(12-16-23)4-3-19-5-7-21(17-27)8-6-19/h5-16H,2-4H2,1H3. The Labute approximate surface area is 164 Å². The van der Waals surface area contributed by atoms with Gasteiger partial charge in [0.2, 0.25) is 0 Å². The molecule has 0 N–H and O–H groups in total. The minimum absolute atomic E-state index is 0.131. The minimum Gasteiger partial charge on any atom is -0.429 e. The first-order valence-electron chi connectivity index (χ1n) is 9.24. The maximum absolute atomic E-state index is 14.4. The van der Waals surface area contributed by atoms with Crippen LogP contribution in [0.4, 0.5) is 8.78 Å². The highest BCUT2D eigenvalue weighted by Crippen LogP contribution is 2.31. The van der Waals surface area contributed by atoms with Crippen molar-refractivity contribution in [3.05, 3.63) is 101 Å². The average Bonchev–Trinajstić information content (AvgIpc) is 2.73. The van der Waals surface area contributed by atoms with Crippen LogP contribution in [0.25, 0.3) is 0 Å². The topological polar surface area (TPSA) is 33.0 Å². The fraction of sp³-hybridized carbons (Fsp3) is 0.208. The maximum Gasteiger partial charge on any atom is 0.426 e. The summed E-state index contributed by atoms with van der Waals surface area (Å²) in [6, 6.07) is 22.5. The second-order valence-electron chi connectivity index (χ2n) is 6.62. The number of alkyl halides is 2. The predicted octanol–water partition coefficient (Wildman–Crippen LogP) is 6.03. The number of hydrogen-bond acceptors (Lipinski definition) is 2. The van der Waals surface area contributed by atoms with E-state index in [9.17, 15) is 8.78 Å². The molecule has 28 heavy (non-hydrogen) atoms. The summed E-state index contributed by atoms with van der Waals surface area (Å²) >= 11 is 0. The number of aryl methyl sites for hydroxylation is 3.